The minimum atomic E-state index is -1.08. The van der Waals surface area contributed by atoms with Gasteiger partial charge in [-0.2, -0.15) is 10.1 Å². The van der Waals surface area contributed by atoms with Crippen LogP contribution in [0.15, 0.2) is 29.4 Å². The SMILES string of the molecule is CCOc1cc(C=NN2C(=O)[C@@H]3[C@H](C2=O)[C@H]2C=C[C@H]3C2)cc(I)c1O[C@@H](C)C(=O)O. The molecule has 0 radical (unpaired) electrons. The molecule has 2 fully saturated rings. The topological polar surface area (TPSA) is 106 Å². The quantitative estimate of drug-likeness (QED) is 0.255. The summed E-state index contributed by atoms with van der Waals surface area (Å²) in [5, 5.41) is 14.3. The Morgan fingerprint density at radius 3 is 2.50 bits per heavy atom. The predicted molar refractivity (Wildman–Crippen MR) is 115 cm³/mol. The number of amides is 2. The number of imide groups is 1. The first-order valence-electron chi connectivity index (χ1n) is 9.77. The van der Waals surface area contributed by atoms with Gasteiger partial charge in [-0.25, -0.2) is 4.79 Å². The Morgan fingerprint density at radius 2 is 1.93 bits per heavy atom. The van der Waals surface area contributed by atoms with Gasteiger partial charge in [-0.3, -0.25) is 9.59 Å². The number of carbonyl (C=O) groups is 3. The van der Waals surface area contributed by atoms with Crippen molar-refractivity contribution in [2.24, 2.45) is 28.8 Å². The van der Waals surface area contributed by atoms with Crippen LogP contribution >= 0.6 is 22.6 Å². The maximum absolute atomic E-state index is 12.7. The van der Waals surface area contributed by atoms with Crippen LogP contribution in [0, 0.1) is 27.2 Å². The van der Waals surface area contributed by atoms with E-state index in [0.29, 0.717) is 27.2 Å². The monoisotopic (exact) mass is 524 g/mol. The Hall–Kier alpha value is -2.43. The van der Waals surface area contributed by atoms with Gasteiger partial charge in [0.2, 0.25) is 0 Å². The van der Waals surface area contributed by atoms with E-state index in [2.05, 4.69) is 5.10 Å². The molecule has 4 rings (SSSR count). The smallest absolute Gasteiger partial charge is 0.344 e. The summed E-state index contributed by atoms with van der Waals surface area (Å²) in [4.78, 5) is 36.6. The van der Waals surface area contributed by atoms with Crippen LogP contribution in [0.4, 0.5) is 0 Å². The fraction of sp³-hybridized carbons (Fsp3) is 0.429. The van der Waals surface area contributed by atoms with Crippen LogP contribution in [-0.4, -0.2) is 46.8 Å². The summed E-state index contributed by atoms with van der Waals surface area (Å²) >= 11 is 2.02. The third-order valence-electron chi connectivity index (χ3n) is 5.74. The number of hydrogen-bond donors (Lipinski definition) is 1. The second-order valence-corrected chi connectivity index (χ2v) is 8.76. The van der Waals surface area contributed by atoms with Crippen LogP contribution in [0.5, 0.6) is 11.5 Å². The van der Waals surface area contributed by atoms with Crippen molar-refractivity contribution in [1.29, 1.82) is 0 Å². The summed E-state index contributed by atoms with van der Waals surface area (Å²) < 4.78 is 11.8. The summed E-state index contributed by atoms with van der Waals surface area (Å²) in [6.45, 7) is 3.60. The van der Waals surface area contributed by atoms with Gasteiger partial charge in [0.05, 0.1) is 28.2 Å². The van der Waals surface area contributed by atoms with Gasteiger partial charge in [-0.05, 0) is 72.4 Å². The van der Waals surface area contributed by atoms with Crippen LogP contribution in [-0.2, 0) is 14.4 Å². The Bertz CT molecular complexity index is 944. The highest BCUT2D eigenvalue weighted by molar-refractivity contribution is 14.1. The van der Waals surface area contributed by atoms with Crippen molar-refractivity contribution in [2.75, 3.05) is 6.61 Å². The van der Waals surface area contributed by atoms with E-state index in [1.54, 1.807) is 19.1 Å². The Labute approximate surface area is 187 Å². The molecule has 0 unspecified atom stereocenters. The van der Waals surface area contributed by atoms with Gasteiger partial charge in [-0.15, -0.1) is 0 Å². The molecule has 1 aromatic rings. The summed E-state index contributed by atoms with van der Waals surface area (Å²) in [5.74, 6) is -1.19. The second kappa shape index (κ2) is 8.01. The number of rotatable bonds is 7. The van der Waals surface area contributed by atoms with Crippen molar-refractivity contribution in [2.45, 2.75) is 26.4 Å². The predicted octanol–water partition coefficient (Wildman–Crippen LogP) is 2.68. The van der Waals surface area contributed by atoms with Crippen LogP contribution < -0.4 is 9.47 Å². The van der Waals surface area contributed by atoms with Crippen molar-refractivity contribution >= 4 is 46.6 Å². The molecule has 9 heteroatoms. The van der Waals surface area contributed by atoms with E-state index >= 15 is 0 Å². The molecule has 1 saturated heterocycles. The zero-order chi connectivity index (χ0) is 21.6. The standard InChI is InChI=1S/C21H21IN2O6/c1-3-29-15-7-11(6-14(22)18(15)30-10(2)21(27)28)9-23-24-19(25)16-12-4-5-13(8-12)17(16)20(24)26/h4-7,9-10,12-13,16-17H,3,8H2,1-2H3,(H,27,28)/t10-,12-,13-,16-,17+/m0/s1. The van der Waals surface area contributed by atoms with Gasteiger partial charge in [0, 0.05) is 0 Å². The first-order valence-corrected chi connectivity index (χ1v) is 10.9. The highest BCUT2D eigenvalue weighted by Gasteiger charge is 2.59. The average Bonchev–Trinajstić information content (AvgIpc) is 3.37. The molecule has 3 aliphatic rings. The number of allylic oxidation sites excluding steroid dienone is 2. The third kappa shape index (κ3) is 3.48. The van der Waals surface area contributed by atoms with E-state index in [-0.39, 0.29) is 35.5 Å². The average molecular weight is 524 g/mol. The molecule has 1 saturated carbocycles. The Kier molecular flexibility index (Phi) is 5.56. The number of benzene rings is 1. The molecule has 0 aromatic heterocycles. The van der Waals surface area contributed by atoms with Gasteiger partial charge < -0.3 is 14.6 Å². The maximum atomic E-state index is 12.7. The number of ether oxygens (including phenoxy) is 2. The third-order valence-corrected chi connectivity index (χ3v) is 6.54. The molecule has 1 heterocycles. The van der Waals surface area contributed by atoms with E-state index in [1.807, 2.05) is 34.7 Å². The van der Waals surface area contributed by atoms with Crippen molar-refractivity contribution < 1.29 is 29.0 Å². The van der Waals surface area contributed by atoms with Crippen molar-refractivity contribution in [3.05, 3.63) is 33.4 Å². The van der Waals surface area contributed by atoms with Crippen LogP contribution in [0.25, 0.3) is 0 Å². The molecule has 2 aliphatic carbocycles. The van der Waals surface area contributed by atoms with E-state index in [9.17, 15) is 14.4 Å². The van der Waals surface area contributed by atoms with Gasteiger partial charge in [0.1, 0.15) is 0 Å². The van der Waals surface area contributed by atoms with Crippen molar-refractivity contribution in [3.63, 3.8) is 0 Å². The molecule has 1 aliphatic heterocycles. The number of hydrazone groups is 1. The summed E-state index contributed by atoms with van der Waals surface area (Å²) in [7, 11) is 0. The number of aliphatic carboxylic acids is 1. The lowest BCUT2D eigenvalue weighted by Crippen LogP contribution is -2.28. The van der Waals surface area contributed by atoms with E-state index in [4.69, 9.17) is 14.6 Å². The lowest BCUT2D eigenvalue weighted by Gasteiger charge is -2.17. The summed E-state index contributed by atoms with van der Waals surface area (Å²) in [6, 6.07) is 3.38. The molecule has 2 bridgehead atoms. The van der Waals surface area contributed by atoms with Gasteiger partial charge in [0.15, 0.2) is 17.6 Å². The van der Waals surface area contributed by atoms with Gasteiger partial charge >= 0.3 is 5.97 Å². The number of carbonyl (C=O) groups excluding carboxylic acids is 2. The van der Waals surface area contributed by atoms with Gasteiger partial charge in [0.25, 0.3) is 11.8 Å². The normalized spacial score (nSPS) is 27.8. The Balaban J connectivity index is 1.57. The molecule has 158 valence electrons. The van der Waals surface area contributed by atoms with Crippen molar-refractivity contribution in [3.8, 4) is 11.5 Å². The molecule has 1 N–H and O–H groups in total. The number of carboxylic acid groups (broad SMARTS) is 1. The minimum absolute atomic E-state index is 0.134. The van der Waals surface area contributed by atoms with Gasteiger partial charge in [-0.1, -0.05) is 12.2 Å². The first kappa shape index (κ1) is 20.8. The van der Waals surface area contributed by atoms with Crippen molar-refractivity contribution in [1.82, 2.24) is 5.01 Å². The van der Waals surface area contributed by atoms with Crippen LogP contribution in [0.2, 0.25) is 0 Å². The highest BCUT2D eigenvalue weighted by Crippen LogP contribution is 2.52. The second-order valence-electron chi connectivity index (χ2n) is 7.59. The summed E-state index contributed by atoms with van der Waals surface area (Å²) in [6.07, 6.45) is 5.35. The zero-order valence-corrected chi connectivity index (χ0v) is 18.6. The zero-order valence-electron chi connectivity index (χ0n) is 16.4. The molecule has 1 aromatic carbocycles. The highest BCUT2D eigenvalue weighted by atomic mass is 127. The van der Waals surface area contributed by atoms with Crippen LogP contribution in [0.1, 0.15) is 25.8 Å². The first-order chi connectivity index (χ1) is 14.3. The minimum Gasteiger partial charge on any atom is -0.490 e. The molecule has 30 heavy (non-hydrogen) atoms. The number of fused-ring (bicyclic) bond motifs is 5. The summed E-state index contributed by atoms with van der Waals surface area (Å²) in [5.41, 5.74) is 0.608. The van der Waals surface area contributed by atoms with E-state index < -0.39 is 12.1 Å². The molecular weight excluding hydrogens is 503 g/mol. The maximum Gasteiger partial charge on any atom is 0.344 e. The van der Waals surface area contributed by atoms with E-state index in [1.165, 1.54) is 13.1 Å². The Morgan fingerprint density at radius 1 is 1.30 bits per heavy atom. The number of carboxylic acids is 1. The molecule has 5 atom stereocenters. The number of nitrogens with zero attached hydrogens (tertiary/aromatic N) is 2. The molecule has 0 spiro atoms. The largest absolute Gasteiger partial charge is 0.490 e. The fourth-order valence-corrected chi connectivity index (χ4v) is 5.14. The van der Waals surface area contributed by atoms with Crippen LogP contribution in [0.3, 0.4) is 0 Å². The number of hydrogen-bond acceptors (Lipinski definition) is 6. The molecule has 8 nitrogen and oxygen atoms in total. The van der Waals surface area contributed by atoms with E-state index in [0.717, 1.165) is 11.4 Å². The number of halogens is 1. The fourth-order valence-electron chi connectivity index (χ4n) is 4.39. The lowest BCUT2D eigenvalue weighted by atomic mass is 9.85. The molecule has 2 amide bonds. The lowest BCUT2D eigenvalue weighted by molar-refractivity contribution is -0.144. The molecular formula is C21H21IN2O6.